The number of carbonyl (C=O) groups is 1. The fourth-order valence-corrected chi connectivity index (χ4v) is 3.62. The van der Waals surface area contributed by atoms with Crippen molar-refractivity contribution >= 4 is 23.2 Å². The molecule has 0 bridgehead atoms. The van der Waals surface area contributed by atoms with E-state index in [4.69, 9.17) is 16.3 Å². The van der Waals surface area contributed by atoms with Crippen LogP contribution in [0.1, 0.15) is 36.2 Å². The number of likely N-dealkylation sites (N-methyl/N-ethyl adjacent to an activating group) is 1. The van der Waals surface area contributed by atoms with Gasteiger partial charge in [-0.1, -0.05) is 30.7 Å². The number of aromatic nitrogens is 3. The van der Waals surface area contributed by atoms with E-state index in [1.165, 1.54) is 0 Å². The first-order valence-corrected chi connectivity index (χ1v) is 10.8. The summed E-state index contributed by atoms with van der Waals surface area (Å²) in [5.74, 6) is 0.828. The number of anilines is 1. The second-order valence-electron chi connectivity index (χ2n) is 7.72. The summed E-state index contributed by atoms with van der Waals surface area (Å²) >= 11 is 6.14. The number of nitrogens with zero attached hydrogens (tertiary/aromatic N) is 4. The summed E-state index contributed by atoms with van der Waals surface area (Å²) in [7, 11) is 3.65. The van der Waals surface area contributed by atoms with Crippen molar-refractivity contribution in [3.63, 3.8) is 0 Å². The summed E-state index contributed by atoms with van der Waals surface area (Å²) < 4.78 is 6.97. The van der Waals surface area contributed by atoms with Crippen molar-refractivity contribution in [3.05, 3.63) is 70.6 Å². The van der Waals surface area contributed by atoms with Crippen LogP contribution in [0.5, 0.6) is 0 Å². The lowest BCUT2D eigenvalue weighted by molar-refractivity contribution is -0.120. The van der Waals surface area contributed by atoms with E-state index in [9.17, 15) is 4.79 Å². The third kappa shape index (κ3) is 5.93. The molecule has 0 N–H and O–H groups in total. The van der Waals surface area contributed by atoms with Crippen molar-refractivity contribution in [2.75, 3.05) is 32.2 Å². The minimum Gasteiger partial charge on any atom is -0.383 e. The average molecular weight is 441 g/mol. The van der Waals surface area contributed by atoms with Gasteiger partial charge in [0.1, 0.15) is 11.6 Å². The molecule has 1 unspecified atom stereocenters. The Bertz CT molecular complexity index is 1020. The number of aryl methyl sites for hydroxylation is 2. The van der Waals surface area contributed by atoms with Gasteiger partial charge < -0.3 is 9.64 Å². The molecular weight excluding hydrogens is 412 g/mol. The molecule has 7 heteroatoms. The third-order valence-corrected chi connectivity index (χ3v) is 5.60. The van der Waals surface area contributed by atoms with Crippen molar-refractivity contribution < 1.29 is 9.53 Å². The zero-order valence-electron chi connectivity index (χ0n) is 18.5. The summed E-state index contributed by atoms with van der Waals surface area (Å²) in [6, 6.07) is 13.5. The van der Waals surface area contributed by atoms with Crippen molar-refractivity contribution in [1.82, 2.24) is 14.8 Å². The number of pyridine rings is 1. The van der Waals surface area contributed by atoms with Crippen molar-refractivity contribution in [2.45, 2.75) is 32.6 Å². The molecule has 31 heavy (non-hydrogen) atoms. The lowest BCUT2D eigenvalue weighted by atomic mass is 9.95. The van der Waals surface area contributed by atoms with Gasteiger partial charge in [0.25, 0.3) is 0 Å². The molecule has 1 atom stereocenters. The zero-order chi connectivity index (χ0) is 22.4. The van der Waals surface area contributed by atoms with Gasteiger partial charge in [0.15, 0.2) is 0 Å². The lowest BCUT2D eigenvalue weighted by Gasteiger charge is -2.18. The number of ether oxygens (including phenoxy) is 1. The summed E-state index contributed by atoms with van der Waals surface area (Å²) in [6.45, 7) is 5.29. The van der Waals surface area contributed by atoms with Gasteiger partial charge in [-0.2, -0.15) is 5.10 Å². The normalized spacial score (nSPS) is 12.0. The van der Waals surface area contributed by atoms with Crippen LogP contribution in [0.3, 0.4) is 0 Å². The maximum absolute atomic E-state index is 12.9. The van der Waals surface area contributed by atoms with Crippen LogP contribution in [0, 0.1) is 6.92 Å². The zero-order valence-corrected chi connectivity index (χ0v) is 19.3. The second kappa shape index (κ2) is 10.6. The fraction of sp³-hybridized carbons (Fsp3) is 0.375. The molecule has 2 aromatic heterocycles. The number of hydrogen-bond acceptors (Lipinski definition) is 5. The number of rotatable bonds is 10. The monoisotopic (exact) mass is 440 g/mol. The van der Waals surface area contributed by atoms with Crippen molar-refractivity contribution in [2.24, 2.45) is 0 Å². The van der Waals surface area contributed by atoms with Gasteiger partial charge in [-0.25, -0.2) is 9.67 Å². The predicted molar refractivity (Wildman–Crippen MR) is 124 cm³/mol. The number of carbonyl (C=O) groups excluding carboxylic acids is 1. The average Bonchev–Trinajstić information content (AvgIpc) is 3.16. The van der Waals surface area contributed by atoms with Crippen molar-refractivity contribution in [1.29, 1.82) is 0 Å². The summed E-state index contributed by atoms with van der Waals surface area (Å²) in [5, 5.41) is 5.23. The van der Waals surface area contributed by atoms with E-state index >= 15 is 0 Å². The number of ketones is 1. The van der Waals surface area contributed by atoms with Gasteiger partial charge in [0.2, 0.25) is 0 Å². The molecule has 2 heterocycles. The maximum Gasteiger partial charge on any atom is 0.140 e. The molecular formula is C24H29ClN4O2. The first-order valence-electron chi connectivity index (χ1n) is 10.4. The van der Waals surface area contributed by atoms with Crippen LogP contribution < -0.4 is 4.90 Å². The van der Waals surface area contributed by atoms with Gasteiger partial charge in [-0.15, -0.1) is 0 Å². The van der Waals surface area contributed by atoms with Gasteiger partial charge in [-0.3, -0.25) is 4.79 Å². The van der Waals surface area contributed by atoms with Crippen LogP contribution in [-0.2, 0) is 16.0 Å². The first-order chi connectivity index (χ1) is 14.9. The van der Waals surface area contributed by atoms with Gasteiger partial charge >= 0.3 is 0 Å². The molecule has 0 amide bonds. The highest BCUT2D eigenvalue weighted by molar-refractivity contribution is 6.30. The molecule has 0 saturated carbocycles. The Morgan fingerprint density at radius 3 is 2.74 bits per heavy atom. The molecule has 0 spiro atoms. The number of Topliss-reactive ketones (excluding diaryl/α,β-unsaturated/α-hetero) is 1. The maximum atomic E-state index is 12.9. The van der Waals surface area contributed by atoms with E-state index in [-0.39, 0.29) is 11.7 Å². The molecule has 0 aliphatic rings. The van der Waals surface area contributed by atoms with Crippen LogP contribution in [-0.4, -0.2) is 47.9 Å². The van der Waals surface area contributed by atoms with Gasteiger partial charge in [0, 0.05) is 50.0 Å². The highest BCUT2D eigenvalue weighted by Gasteiger charge is 2.18. The van der Waals surface area contributed by atoms with E-state index in [1.807, 2.05) is 72.9 Å². The lowest BCUT2D eigenvalue weighted by Crippen LogP contribution is -2.23. The number of methoxy groups -OCH3 is 1. The Kier molecular flexibility index (Phi) is 7.82. The summed E-state index contributed by atoms with van der Waals surface area (Å²) in [4.78, 5) is 19.4. The predicted octanol–water partition coefficient (Wildman–Crippen LogP) is 4.62. The van der Waals surface area contributed by atoms with Crippen LogP contribution in [0.25, 0.3) is 5.69 Å². The Morgan fingerprint density at radius 2 is 2.06 bits per heavy atom. The second-order valence-corrected chi connectivity index (χ2v) is 8.16. The highest BCUT2D eigenvalue weighted by atomic mass is 35.5. The number of hydrogen-bond donors (Lipinski definition) is 0. The Morgan fingerprint density at radius 1 is 1.26 bits per heavy atom. The SMILES string of the molecule is COCCN(C)c1ccc(C(C)C(=O)CCc2cc(C)nn2-c2cccc(Cl)c2)cn1. The minimum atomic E-state index is -0.213. The molecule has 6 nitrogen and oxygen atoms in total. The number of benzene rings is 1. The molecule has 0 aliphatic heterocycles. The molecule has 1 aromatic carbocycles. The smallest absolute Gasteiger partial charge is 0.140 e. The quantitative estimate of drug-likeness (QED) is 0.460. The fourth-order valence-electron chi connectivity index (χ4n) is 3.44. The summed E-state index contributed by atoms with van der Waals surface area (Å²) in [5.41, 5.74) is 3.73. The number of halogens is 1. The molecule has 3 aromatic rings. The molecule has 164 valence electrons. The topological polar surface area (TPSA) is 60.2 Å². The molecule has 0 radical (unpaired) electrons. The largest absolute Gasteiger partial charge is 0.383 e. The Hall–Kier alpha value is -2.70. The Balaban J connectivity index is 1.65. The first kappa shape index (κ1) is 23.0. The minimum absolute atomic E-state index is 0.179. The van der Waals surface area contributed by atoms with E-state index in [0.29, 0.717) is 24.5 Å². The molecule has 3 rings (SSSR count). The molecule has 0 aliphatic carbocycles. The highest BCUT2D eigenvalue weighted by Crippen LogP contribution is 2.22. The van der Waals surface area contributed by atoms with E-state index in [1.54, 1.807) is 13.3 Å². The van der Waals surface area contributed by atoms with Crippen molar-refractivity contribution in [3.8, 4) is 5.69 Å². The van der Waals surface area contributed by atoms with E-state index < -0.39 is 0 Å². The molecule has 0 fully saturated rings. The van der Waals surface area contributed by atoms with Crippen LogP contribution >= 0.6 is 11.6 Å². The third-order valence-electron chi connectivity index (χ3n) is 5.36. The van der Waals surface area contributed by atoms with E-state index in [2.05, 4.69) is 10.1 Å². The standard InChI is InChI=1S/C24H29ClN4O2/c1-17-14-22(29(27-17)21-7-5-6-20(25)15-21)9-10-23(30)18(2)19-8-11-24(26-16-19)28(3)12-13-31-4/h5-8,11,14-16,18H,9-10,12-13H2,1-4H3. The van der Waals surface area contributed by atoms with Crippen LogP contribution in [0.2, 0.25) is 5.02 Å². The van der Waals surface area contributed by atoms with Crippen LogP contribution in [0.15, 0.2) is 48.7 Å². The summed E-state index contributed by atoms with van der Waals surface area (Å²) in [6.07, 6.45) is 2.84. The molecule has 0 saturated heterocycles. The van der Waals surface area contributed by atoms with Crippen LogP contribution in [0.4, 0.5) is 5.82 Å². The van der Waals surface area contributed by atoms with Gasteiger partial charge in [0.05, 0.1) is 18.0 Å². The van der Waals surface area contributed by atoms with E-state index in [0.717, 1.165) is 35.0 Å². The Labute approximate surface area is 188 Å². The van der Waals surface area contributed by atoms with Gasteiger partial charge in [-0.05, 0) is 49.2 Å².